The van der Waals surface area contributed by atoms with Gasteiger partial charge in [0, 0.05) is 29.7 Å². The summed E-state index contributed by atoms with van der Waals surface area (Å²) in [7, 11) is -1.81. The van der Waals surface area contributed by atoms with Crippen molar-refractivity contribution < 1.29 is 13.2 Å². The zero-order valence-electron chi connectivity index (χ0n) is 15.6. The predicted octanol–water partition coefficient (Wildman–Crippen LogP) is 3.25. The lowest BCUT2D eigenvalue weighted by Gasteiger charge is -2.05. The number of nitrogens with zero attached hydrogens (tertiary/aromatic N) is 3. The van der Waals surface area contributed by atoms with E-state index >= 15 is 0 Å². The summed E-state index contributed by atoms with van der Waals surface area (Å²) in [6.07, 6.45) is 1.71. The molecule has 0 fully saturated rings. The second-order valence-electron chi connectivity index (χ2n) is 6.49. The second-order valence-corrected chi connectivity index (χ2v) is 9.42. The van der Waals surface area contributed by atoms with Crippen molar-refractivity contribution in [3.63, 3.8) is 0 Å². The van der Waals surface area contributed by atoms with Crippen molar-refractivity contribution in [2.75, 3.05) is 5.75 Å². The van der Waals surface area contributed by atoms with Gasteiger partial charge in [0.05, 0.1) is 10.6 Å². The molecule has 1 N–H and O–H groups in total. The summed E-state index contributed by atoms with van der Waals surface area (Å²) in [4.78, 5) is 16.0. The lowest BCUT2D eigenvalue weighted by atomic mass is 10.1. The molecule has 0 aliphatic rings. The molecule has 7 nitrogen and oxygen atoms in total. The first-order valence-electron chi connectivity index (χ1n) is 8.84. The van der Waals surface area contributed by atoms with Crippen LogP contribution in [0.3, 0.4) is 0 Å². The Bertz CT molecular complexity index is 1280. The van der Waals surface area contributed by atoms with Gasteiger partial charge in [-0.1, -0.05) is 48.2 Å². The molecule has 0 saturated heterocycles. The molecule has 0 aliphatic heterocycles. The van der Waals surface area contributed by atoms with Crippen LogP contribution in [0.2, 0.25) is 0 Å². The number of ketones is 1. The Balaban J connectivity index is 1.47. The van der Waals surface area contributed by atoms with E-state index in [2.05, 4.69) is 15.2 Å². The maximum absolute atomic E-state index is 12.6. The third-order valence-electron chi connectivity index (χ3n) is 4.57. The van der Waals surface area contributed by atoms with E-state index in [9.17, 15) is 13.2 Å². The van der Waals surface area contributed by atoms with Crippen LogP contribution >= 0.6 is 11.8 Å². The molecule has 0 unspecified atom stereocenters. The minimum atomic E-state index is -3.52. The van der Waals surface area contributed by atoms with Crippen LogP contribution in [0.15, 0.2) is 70.8 Å². The highest BCUT2D eigenvalue weighted by atomic mass is 32.2. The average Bonchev–Trinajstić information content (AvgIpc) is 3.31. The minimum Gasteiger partial charge on any atom is -0.360 e. The summed E-state index contributed by atoms with van der Waals surface area (Å²) in [5, 5.41) is 9.45. The van der Waals surface area contributed by atoms with Crippen molar-refractivity contribution >= 4 is 38.3 Å². The number of carbonyl (C=O) groups is 1. The van der Waals surface area contributed by atoms with E-state index in [1.54, 1.807) is 48.1 Å². The molecule has 4 aromatic rings. The predicted molar refractivity (Wildman–Crippen MR) is 112 cm³/mol. The smallest absolute Gasteiger partial charge is 0.191 e. The normalized spacial score (nSPS) is 11.8. The monoisotopic (exact) mass is 426 g/mol. The SMILES string of the molecule is Cn1c(CS(=O)(=O)c2ccccc2)nnc1SCC(=O)c1c[nH]c2ccccc12. The molecule has 0 aliphatic carbocycles. The van der Waals surface area contributed by atoms with Crippen LogP contribution in [0.5, 0.6) is 0 Å². The van der Waals surface area contributed by atoms with Crippen molar-refractivity contribution in [2.45, 2.75) is 15.8 Å². The Morgan fingerprint density at radius 2 is 1.79 bits per heavy atom. The third-order valence-corrected chi connectivity index (χ3v) is 7.22. The molecule has 4 rings (SSSR count). The van der Waals surface area contributed by atoms with E-state index in [1.807, 2.05) is 24.3 Å². The summed E-state index contributed by atoms with van der Waals surface area (Å²) < 4.78 is 26.7. The number of carbonyl (C=O) groups excluding carboxylic acids is 1. The van der Waals surface area contributed by atoms with E-state index in [0.29, 0.717) is 16.5 Å². The van der Waals surface area contributed by atoms with E-state index in [-0.39, 0.29) is 22.2 Å². The highest BCUT2D eigenvalue weighted by Gasteiger charge is 2.21. The fourth-order valence-electron chi connectivity index (χ4n) is 2.99. The molecule has 0 amide bonds. The quantitative estimate of drug-likeness (QED) is 0.360. The second kappa shape index (κ2) is 7.84. The highest BCUT2D eigenvalue weighted by Crippen LogP contribution is 2.23. The van der Waals surface area contributed by atoms with Crippen LogP contribution in [0, 0.1) is 0 Å². The lowest BCUT2D eigenvalue weighted by Crippen LogP contribution is -2.10. The van der Waals surface area contributed by atoms with Gasteiger partial charge in [0.2, 0.25) is 0 Å². The topological polar surface area (TPSA) is 97.7 Å². The maximum atomic E-state index is 12.6. The number of Topliss-reactive ketones (excluding diaryl/α,β-unsaturated/α-hetero) is 1. The molecule has 29 heavy (non-hydrogen) atoms. The summed E-state index contributed by atoms with van der Waals surface area (Å²) in [5.74, 6) is 0.223. The number of thioether (sulfide) groups is 1. The largest absolute Gasteiger partial charge is 0.360 e. The van der Waals surface area contributed by atoms with Crippen molar-refractivity contribution in [3.8, 4) is 0 Å². The zero-order valence-corrected chi connectivity index (χ0v) is 17.2. The number of nitrogens with one attached hydrogen (secondary N) is 1. The summed E-state index contributed by atoms with van der Waals surface area (Å²) >= 11 is 1.24. The summed E-state index contributed by atoms with van der Waals surface area (Å²) in [5.41, 5.74) is 1.54. The van der Waals surface area contributed by atoms with Gasteiger partial charge >= 0.3 is 0 Å². The number of hydrogen-bond donors (Lipinski definition) is 1. The van der Waals surface area contributed by atoms with Gasteiger partial charge in [-0.25, -0.2) is 8.42 Å². The van der Waals surface area contributed by atoms with Crippen LogP contribution in [0.1, 0.15) is 16.2 Å². The van der Waals surface area contributed by atoms with E-state index < -0.39 is 9.84 Å². The van der Waals surface area contributed by atoms with Crippen LogP contribution in [-0.2, 0) is 22.6 Å². The zero-order chi connectivity index (χ0) is 20.4. The Kier molecular flexibility index (Phi) is 5.25. The van der Waals surface area contributed by atoms with Crippen molar-refractivity contribution in [3.05, 3.63) is 72.2 Å². The van der Waals surface area contributed by atoms with Crippen LogP contribution in [-0.4, -0.2) is 39.7 Å². The van der Waals surface area contributed by atoms with Crippen molar-refractivity contribution in [2.24, 2.45) is 7.05 Å². The number of benzene rings is 2. The van der Waals surface area contributed by atoms with Crippen LogP contribution in [0.4, 0.5) is 0 Å². The summed E-state index contributed by atoms with van der Waals surface area (Å²) in [6.45, 7) is 0. The minimum absolute atomic E-state index is 0.0334. The number of hydrogen-bond acceptors (Lipinski definition) is 6. The number of rotatable bonds is 7. The van der Waals surface area contributed by atoms with Gasteiger partial charge < -0.3 is 9.55 Å². The highest BCUT2D eigenvalue weighted by molar-refractivity contribution is 7.99. The van der Waals surface area contributed by atoms with E-state index in [4.69, 9.17) is 0 Å². The lowest BCUT2D eigenvalue weighted by molar-refractivity contribution is 0.102. The van der Waals surface area contributed by atoms with E-state index in [0.717, 1.165) is 10.9 Å². The standard InChI is InChI=1S/C20H18N4O3S2/c1-24-19(13-29(26,27)14-7-3-2-4-8-14)22-23-20(24)28-12-18(25)16-11-21-17-10-6-5-9-15(16)17/h2-11,21H,12-13H2,1H3. The molecule has 0 spiro atoms. The number of H-pyrrole nitrogens is 1. The first-order chi connectivity index (χ1) is 14.0. The fourth-order valence-corrected chi connectivity index (χ4v) is 5.13. The van der Waals surface area contributed by atoms with Gasteiger partial charge in [-0.15, -0.1) is 10.2 Å². The molecule has 0 atom stereocenters. The maximum Gasteiger partial charge on any atom is 0.191 e. The number of sulfone groups is 1. The first kappa shape index (κ1) is 19.4. The number of aromatic amines is 1. The Morgan fingerprint density at radius 1 is 1.07 bits per heavy atom. The van der Waals surface area contributed by atoms with Gasteiger partial charge in [0.15, 0.2) is 20.8 Å². The van der Waals surface area contributed by atoms with E-state index in [1.165, 1.54) is 11.8 Å². The third kappa shape index (κ3) is 3.96. The molecule has 2 heterocycles. The van der Waals surface area contributed by atoms with Crippen LogP contribution in [0.25, 0.3) is 10.9 Å². The van der Waals surface area contributed by atoms with Crippen LogP contribution < -0.4 is 0 Å². The number of para-hydroxylation sites is 1. The molecule has 2 aromatic carbocycles. The Hall–Kier alpha value is -2.91. The number of fused-ring (bicyclic) bond motifs is 1. The molecule has 0 radical (unpaired) electrons. The Labute approximate surface area is 172 Å². The summed E-state index contributed by atoms with van der Waals surface area (Å²) in [6, 6.07) is 15.9. The van der Waals surface area contributed by atoms with Gasteiger partial charge in [0.25, 0.3) is 0 Å². The first-order valence-corrected chi connectivity index (χ1v) is 11.5. The van der Waals surface area contributed by atoms with Gasteiger partial charge in [-0.3, -0.25) is 4.79 Å². The molecular weight excluding hydrogens is 408 g/mol. The average molecular weight is 427 g/mol. The van der Waals surface area contributed by atoms with Gasteiger partial charge in [-0.2, -0.15) is 0 Å². The molecule has 0 saturated carbocycles. The molecule has 9 heteroatoms. The van der Waals surface area contributed by atoms with Gasteiger partial charge in [-0.05, 0) is 18.2 Å². The van der Waals surface area contributed by atoms with Crippen molar-refractivity contribution in [1.82, 2.24) is 19.7 Å². The van der Waals surface area contributed by atoms with Gasteiger partial charge in [0.1, 0.15) is 11.6 Å². The molecule has 0 bridgehead atoms. The molecular formula is C20H18N4O3S2. The Morgan fingerprint density at radius 3 is 2.59 bits per heavy atom. The van der Waals surface area contributed by atoms with Crippen molar-refractivity contribution in [1.29, 1.82) is 0 Å². The fraction of sp³-hybridized carbons (Fsp3) is 0.150. The molecule has 2 aromatic heterocycles. The number of aromatic nitrogens is 4. The molecule has 148 valence electrons.